The Bertz CT molecular complexity index is 1350. The standard InChI is InChI=1S/C25H19ClN4O2/c1-31-19-8-4-3-7-18(19)24-21-22(17-6-2-5-9-20(17)32-24)29-25-27-14-28-30(25)23(21)15-10-12-16(26)13-11-15/h2-14,23-24H,1H3,(H,27,28,29)/t23-,24+/m1/s1. The van der Waals surface area contributed by atoms with E-state index in [-0.39, 0.29) is 12.1 Å². The van der Waals surface area contributed by atoms with Crippen LogP contribution >= 0.6 is 11.6 Å². The molecule has 0 spiro atoms. The third kappa shape index (κ3) is 2.87. The van der Waals surface area contributed by atoms with Crippen LogP contribution in [0.25, 0.3) is 5.70 Å². The Morgan fingerprint density at radius 2 is 1.78 bits per heavy atom. The number of halogens is 1. The third-order valence-electron chi connectivity index (χ3n) is 5.93. The van der Waals surface area contributed by atoms with Crippen molar-refractivity contribution >= 4 is 23.2 Å². The maximum absolute atomic E-state index is 6.63. The van der Waals surface area contributed by atoms with Crippen molar-refractivity contribution in [3.05, 3.63) is 106 Å². The van der Waals surface area contributed by atoms with E-state index in [0.717, 1.165) is 39.5 Å². The topological polar surface area (TPSA) is 61.2 Å². The normalized spacial score (nSPS) is 18.7. The maximum atomic E-state index is 6.63. The van der Waals surface area contributed by atoms with Gasteiger partial charge in [0, 0.05) is 21.7 Å². The molecule has 32 heavy (non-hydrogen) atoms. The van der Waals surface area contributed by atoms with E-state index >= 15 is 0 Å². The molecule has 4 aromatic rings. The fourth-order valence-electron chi connectivity index (χ4n) is 4.52. The molecule has 0 fully saturated rings. The summed E-state index contributed by atoms with van der Waals surface area (Å²) in [6.45, 7) is 0. The maximum Gasteiger partial charge on any atom is 0.226 e. The van der Waals surface area contributed by atoms with Crippen molar-refractivity contribution in [3.8, 4) is 11.5 Å². The first-order valence-corrected chi connectivity index (χ1v) is 10.7. The lowest BCUT2D eigenvalue weighted by molar-refractivity contribution is 0.217. The first-order valence-electron chi connectivity index (χ1n) is 10.3. The van der Waals surface area contributed by atoms with Gasteiger partial charge in [-0.25, -0.2) is 4.68 Å². The zero-order chi connectivity index (χ0) is 21.7. The van der Waals surface area contributed by atoms with Crippen molar-refractivity contribution in [3.63, 3.8) is 0 Å². The summed E-state index contributed by atoms with van der Waals surface area (Å²) in [5, 5.41) is 8.73. The van der Waals surface area contributed by atoms with Gasteiger partial charge >= 0.3 is 0 Å². The minimum absolute atomic E-state index is 0.232. The van der Waals surface area contributed by atoms with E-state index in [2.05, 4.69) is 21.5 Å². The summed E-state index contributed by atoms with van der Waals surface area (Å²) in [7, 11) is 1.68. The van der Waals surface area contributed by atoms with Gasteiger partial charge in [-0.15, -0.1) is 0 Å². The summed E-state index contributed by atoms with van der Waals surface area (Å²) in [6, 6.07) is 23.6. The van der Waals surface area contributed by atoms with Crippen molar-refractivity contribution < 1.29 is 9.47 Å². The van der Waals surface area contributed by atoms with E-state index in [4.69, 9.17) is 21.1 Å². The largest absolute Gasteiger partial charge is 0.496 e. The average Bonchev–Trinajstić information content (AvgIpc) is 3.31. The van der Waals surface area contributed by atoms with Crippen molar-refractivity contribution in [1.82, 2.24) is 14.8 Å². The van der Waals surface area contributed by atoms with Gasteiger partial charge in [0.05, 0.1) is 12.8 Å². The minimum atomic E-state index is -0.387. The lowest BCUT2D eigenvalue weighted by atomic mass is 9.84. The van der Waals surface area contributed by atoms with E-state index in [1.54, 1.807) is 13.4 Å². The smallest absolute Gasteiger partial charge is 0.226 e. The van der Waals surface area contributed by atoms with Crippen molar-refractivity contribution in [2.45, 2.75) is 12.1 Å². The predicted molar refractivity (Wildman–Crippen MR) is 123 cm³/mol. The molecule has 0 saturated carbocycles. The van der Waals surface area contributed by atoms with Gasteiger partial charge in [-0.05, 0) is 35.9 Å². The number of hydrogen-bond donors (Lipinski definition) is 1. The second-order valence-corrected chi connectivity index (χ2v) is 8.11. The quantitative estimate of drug-likeness (QED) is 0.454. The second kappa shape index (κ2) is 7.43. The molecule has 6 nitrogen and oxygen atoms in total. The highest BCUT2D eigenvalue weighted by Gasteiger charge is 2.41. The molecule has 158 valence electrons. The van der Waals surface area contributed by atoms with Crippen LogP contribution in [0.15, 0.2) is 84.7 Å². The van der Waals surface area contributed by atoms with Gasteiger partial charge in [0.15, 0.2) is 6.10 Å². The van der Waals surface area contributed by atoms with Crippen LogP contribution in [-0.4, -0.2) is 21.9 Å². The van der Waals surface area contributed by atoms with Crippen LogP contribution in [-0.2, 0) is 0 Å². The number of anilines is 1. The fourth-order valence-corrected chi connectivity index (χ4v) is 4.65. The number of benzene rings is 3. The third-order valence-corrected chi connectivity index (χ3v) is 6.18. The molecular weight excluding hydrogens is 424 g/mol. The number of rotatable bonds is 3. The summed E-state index contributed by atoms with van der Waals surface area (Å²) < 4.78 is 14.2. The van der Waals surface area contributed by atoms with Gasteiger partial charge in [0.25, 0.3) is 0 Å². The Balaban J connectivity index is 1.64. The SMILES string of the molecule is COc1ccccc1[C@@H]1Oc2ccccc2C2=C1[C@@H](c1ccc(Cl)cc1)n1ncnc1N2. The first-order chi connectivity index (χ1) is 15.7. The molecule has 2 aliphatic heterocycles. The van der Waals surface area contributed by atoms with Crippen LogP contribution in [0.4, 0.5) is 5.95 Å². The Labute approximate surface area is 190 Å². The Morgan fingerprint density at radius 3 is 2.62 bits per heavy atom. The van der Waals surface area contributed by atoms with Crippen LogP contribution in [0.2, 0.25) is 5.02 Å². The predicted octanol–water partition coefficient (Wildman–Crippen LogP) is 5.50. The number of fused-ring (bicyclic) bond motifs is 3. The number of nitrogens with one attached hydrogen (secondary N) is 1. The lowest BCUT2D eigenvalue weighted by Gasteiger charge is -2.39. The Kier molecular flexibility index (Phi) is 4.40. The number of para-hydroxylation sites is 2. The second-order valence-electron chi connectivity index (χ2n) is 7.67. The van der Waals surface area contributed by atoms with Gasteiger partial charge < -0.3 is 14.8 Å². The van der Waals surface area contributed by atoms with Crippen LogP contribution < -0.4 is 14.8 Å². The summed E-state index contributed by atoms with van der Waals surface area (Å²) in [6.07, 6.45) is 1.18. The zero-order valence-electron chi connectivity index (χ0n) is 17.2. The van der Waals surface area contributed by atoms with E-state index in [1.165, 1.54) is 0 Å². The van der Waals surface area contributed by atoms with Crippen molar-refractivity contribution in [1.29, 1.82) is 0 Å². The van der Waals surface area contributed by atoms with Gasteiger partial charge in [-0.1, -0.05) is 54.1 Å². The molecule has 6 rings (SSSR count). The van der Waals surface area contributed by atoms with Gasteiger partial charge in [-0.2, -0.15) is 10.1 Å². The number of nitrogens with zero attached hydrogens (tertiary/aromatic N) is 3. The van der Waals surface area contributed by atoms with Crippen LogP contribution in [0.1, 0.15) is 28.8 Å². The molecule has 0 aliphatic carbocycles. The monoisotopic (exact) mass is 442 g/mol. The lowest BCUT2D eigenvalue weighted by Crippen LogP contribution is -2.32. The zero-order valence-corrected chi connectivity index (χ0v) is 18.0. The molecule has 3 aromatic carbocycles. The van der Waals surface area contributed by atoms with E-state index in [0.29, 0.717) is 11.0 Å². The molecule has 0 saturated heterocycles. The van der Waals surface area contributed by atoms with Crippen LogP contribution in [0, 0.1) is 0 Å². The number of ether oxygens (including phenoxy) is 2. The molecule has 0 amide bonds. The molecule has 1 aromatic heterocycles. The van der Waals surface area contributed by atoms with Gasteiger partial charge in [-0.3, -0.25) is 0 Å². The van der Waals surface area contributed by atoms with Crippen LogP contribution in [0.3, 0.4) is 0 Å². The summed E-state index contributed by atoms with van der Waals surface area (Å²) in [5.74, 6) is 2.25. The van der Waals surface area contributed by atoms with Crippen molar-refractivity contribution in [2.24, 2.45) is 0 Å². The highest BCUT2D eigenvalue weighted by atomic mass is 35.5. The minimum Gasteiger partial charge on any atom is -0.496 e. The molecule has 2 aliphatic rings. The highest BCUT2D eigenvalue weighted by Crippen LogP contribution is 2.51. The fraction of sp³-hybridized carbons (Fsp3) is 0.120. The molecule has 0 bridgehead atoms. The summed E-state index contributed by atoms with van der Waals surface area (Å²) in [5.41, 5.74) is 4.98. The molecule has 2 atom stereocenters. The Hall–Kier alpha value is -3.77. The first kappa shape index (κ1) is 19.0. The Morgan fingerprint density at radius 1 is 1.00 bits per heavy atom. The molecule has 7 heteroatoms. The van der Waals surface area contributed by atoms with Crippen LogP contribution in [0.5, 0.6) is 11.5 Å². The molecular formula is C25H19ClN4O2. The highest BCUT2D eigenvalue weighted by molar-refractivity contribution is 6.30. The molecule has 3 heterocycles. The molecule has 1 N–H and O–H groups in total. The molecule has 0 unspecified atom stereocenters. The summed E-state index contributed by atoms with van der Waals surface area (Å²) in [4.78, 5) is 4.46. The number of methoxy groups -OCH3 is 1. The van der Waals surface area contributed by atoms with Gasteiger partial charge in [0.1, 0.15) is 23.9 Å². The van der Waals surface area contributed by atoms with Gasteiger partial charge in [0.2, 0.25) is 5.95 Å². The van der Waals surface area contributed by atoms with Crippen molar-refractivity contribution in [2.75, 3.05) is 12.4 Å². The molecule has 0 radical (unpaired) electrons. The average molecular weight is 443 g/mol. The van der Waals surface area contributed by atoms with E-state index in [1.807, 2.05) is 71.4 Å². The number of hydrogen-bond acceptors (Lipinski definition) is 5. The summed E-state index contributed by atoms with van der Waals surface area (Å²) >= 11 is 6.20. The van der Waals surface area contributed by atoms with E-state index in [9.17, 15) is 0 Å². The number of aromatic nitrogens is 3. The van der Waals surface area contributed by atoms with E-state index < -0.39 is 0 Å².